The number of hydrogen-bond donors (Lipinski definition) is 1. The number of benzene rings is 1. The number of methoxy groups -OCH3 is 1. The van der Waals surface area contributed by atoms with Crippen molar-refractivity contribution in [3.05, 3.63) is 23.8 Å². The van der Waals surface area contributed by atoms with Crippen LogP contribution in [0.25, 0.3) is 0 Å². The van der Waals surface area contributed by atoms with Crippen molar-refractivity contribution in [2.24, 2.45) is 11.7 Å². The first-order valence-corrected chi connectivity index (χ1v) is 6.23. The van der Waals surface area contributed by atoms with Gasteiger partial charge in [0, 0.05) is 13.0 Å². The number of ether oxygens (including phenoxy) is 2. The summed E-state index contributed by atoms with van der Waals surface area (Å²) in [6.45, 7) is 1.37. The Morgan fingerprint density at radius 1 is 1.39 bits per heavy atom. The molecule has 1 aliphatic rings. The first-order chi connectivity index (χ1) is 8.61. The van der Waals surface area contributed by atoms with Gasteiger partial charge in [0.2, 0.25) is 0 Å². The monoisotopic (exact) mass is 249 g/mol. The van der Waals surface area contributed by atoms with Crippen molar-refractivity contribution in [2.75, 3.05) is 7.11 Å². The molecule has 4 nitrogen and oxygen atoms in total. The highest BCUT2D eigenvalue weighted by molar-refractivity contribution is 5.70. The van der Waals surface area contributed by atoms with Crippen LogP contribution in [0.1, 0.15) is 37.8 Å². The van der Waals surface area contributed by atoms with E-state index in [1.165, 1.54) is 26.2 Å². The maximum Gasteiger partial charge on any atom is 0.308 e. The average molecular weight is 249 g/mol. The van der Waals surface area contributed by atoms with Gasteiger partial charge in [0.05, 0.1) is 7.11 Å². The molecule has 0 bridgehead atoms. The second-order valence-corrected chi connectivity index (χ2v) is 4.72. The summed E-state index contributed by atoms with van der Waals surface area (Å²) < 4.78 is 10.3. The summed E-state index contributed by atoms with van der Waals surface area (Å²) in [7, 11) is 1.56. The van der Waals surface area contributed by atoms with E-state index in [0.717, 1.165) is 5.56 Å². The molecule has 0 aliphatic heterocycles. The molecule has 1 aromatic carbocycles. The molecule has 2 rings (SSSR count). The number of esters is 1. The van der Waals surface area contributed by atoms with Crippen LogP contribution in [0.4, 0.5) is 0 Å². The average Bonchev–Trinajstić information content (AvgIpc) is 2.26. The lowest BCUT2D eigenvalue weighted by atomic mass is 9.77. The summed E-state index contributed by atoms with van der Waals surface area (Å²) in [5.41, 5.74) is 7.25. The van der Waals surface area contributed by atoms with E-state index in [1.807, 2.05) is 12.1 Å². The molecule has 0 unspecified atom stereocenters. The largest absolute Gasteiger partial charge is 0.493 e. The third kappa shape index (κ3) is 2.64. The molecule has 4 heteroatoms. The Morgan fingerprint density at radius 2 is 2.11 bits per heavy atom. The Bertz CT molecular complexity index is 441. The highest BCUT2D eigenvalue weighted by atomic mass is 16.6. The molecule has 18 heavy (non-hydrogen) atoms. The molecule has 1 saturated carbocycles. The number of hydrogen-bond acceptors (Lipinski definition) is 4. The van der Waals surface area contributed by atoms with Gasteiger partial charge >= 0.3 is 5.97 Å². The molecular formula is C14H19NO3. The van der Waals surface area contributed by atoms with E-state index in [1.54, 1.807) is 13.2 Å². The third-order valence-electron chi connectivity index (χ3n) is 3.48. The van der Waals surface area contributed by atoms with Crippen molar-refractivity contribution in [3.8, 4) is 11.5 Å². The number of carbonyl (C=O) groups is 1. The molecule has 0 heterocycles. The second-order valence-electron chi connectivity index (χ2n) is 4.72. The number of nitrogens with two attached hydrogens (primary N) is 1. The summed E-state index contributed by atoms with van der Waals surface area (Å²) >= 11 is 0. The van der Waals surface area contributed by atoms with Crippen LogP contribution in [-0.4, -0.2) is 13.1 Å². The van der Waals surface area contributed by atoms with Crippen molar-refractivity contribution < 1.29 is 14.3 Å². The van der Waals surface area contributed by atoms with Crippen LogP contribution in [0.15, 0.2) is 18.2 Å². The normalized spacial score (nSPS) is 16.8. The Labute approximate surface area is 107 Å². The molecule has 1 aliphatic carbocycles. The fourth-order valence-electron chi connectivity index (χ4n) is 2.20. The van der Waals surface area contributed by atoms with Gasteiger partial charge in [-0.1, -0.05) is 12.5 Å². The fourth-order valence-corrected chi connectivity index (χ4v) is 2.20. The lowest BCUT2D eigenvalue weighted by Gasteiger charge is -2.31. The zero-order valence-corrected chi connectivity index (χ0v) is 10.8. The van der Waals surface area contributed by atoms with Crippen molar-refractivity contribution in [3.63, 3.8) is 0 Å². The molecule has 0 amide bonds. The summed E-state index contributed by atoms with van der Waals surface area (Å²) in [6.07, 6.45) is 3.64. The van der Waals surface area contributed by atoms with Gasteiger partial charge in [-0.25, -0.2) is 0 Å². The minimum absolute atomic E-state index is 0.0408. The topological polar surface area (TPSA) is 61.6 Å². The fraction of sp³-hybridized carbons (Fsp3) is 0.500. The Hall–Kier alpha value is -1.55. The molecule has 2 N–H and O–H groups in total. The molecule has 0 saturated heterocycles. The Morgan fingerprint density at radius 3 is 2.61 bits per heavy atom. The van der Waals surface area contributed by atoms with Gasteiger partial charge in [0.1, 0.15) is 0 Å². The van der Waals surface area contributed by atoms with Gasteiger partial charge in [-0.3, -0.25) is 4.79 Å². The van der Waals surface area contributed by atoms with Gasteiger partial charge < -0.3 is 15.2 Å². The summed E-state index contributed by atoms with van der Waals surface area (Å²) in [5, 5.41) is 0. The molecule has 0 radical (unpaired) electrons. The highest BCUT2D eigenvalue weighted by Crippen LogP contribution is 2.38. The zero-order chi connectivity index (χ0) is 13.1. The lowest BCUT2D eigenvalue weighted by molar-refractivity contribution is -0.132. The van der Waals surface area contributed by atoms with Crippen molar-refractivity contribution in [1.29, 1.82) is 0 Å². The molecule has 1 fully saturated rings. The molecule has 0 spiro atoms. The van der Waals surface area contributed by atoms with Crippen LogP contribution in [-0.2, 0) is 4.79 Å². The van der Waals surface area contributed by atoms with E-state index in [-0.39, 0.29) is 12.0 Å². The minimum atomic E-state index is -0.357. The predicted octanol–water partition coefficient (Wildman–Crippen LogP) is 2.42. The van der Waals surface area contributed by atoms with E-state index in [0.29, 0.717) is 17.4 Å². The predicted molar refractivity (Wildman–Crippen MR) is 68.6 cm³/mol. The van der Waals surface area contributed by atoms with E-state index in [2.05, 4.69) is 0 Å². The van der Waals surface area contributed by atoms with Crippen LogP contribution < -0.4 is 15.2 Å². The van der Waals surface area contributed by atoms with Crippen LogP contribution in [0, 0.1) is 5.92 Å². The smallest absolute Gasteiger partial charge is 0.308 e. The van der Waals surface area contributed by atoms with Crippen LogP contribution >= 0.6 is 0 Å². The van der Waals surface area contributed by atoms with Crippen molar-refractivity contribution in [2.45, 2.75) is 32.2 Å². The Kier molecular flexibility index (Phi) is 3.87. The third-order valence-corrected chi connectivity index (χ3v) is 3.48. The SMILES string of the molecule is COc1cc([C@H](N)C2CCC2)ccc1OC(C)=O. The Balaban J connectivity index is 2.20. The highest BCUT2D eigenvalue weighted by Gasteiger charge is 2.26. The second kappa shape index (κ2) is 5.40. The van der Waals surface area contributed by atoms with Crippen LogP contribution in [0.5, 0.6) is 11.5 Å². The minimum Gasteiger partial charge on any atom is -0.493 e. The van der Waals surface area contributed by atoms with E-state index in [9.17, 15) is 4.79 Å². The van der Waals surface area contributed by atoms with Crippen molar-refractivity contribution >= 4 is 5.97 Å². The summed E-state index contributed by atoms with van der Waals surface area (Å²) in [5.74, 6) is 1.20. The van der Waals surface area contributed by atoms with Gasteiger partial charge in [0.15, 0.2) is 11.5 Å². The first kappa shape index (κ1) is 12.9. The number of rotatable bonds is 4. The van der Waals surface area contributed by atoms with Gasteiger partial charge in [-0.05, 0) is 36.5 Å². The van der Waals surface area contributed by atoms with E-state index in [4.69, 9.17) is 15.2 Å². The molecule has 1 atom stereocenters. The van der Waals surface area contributed by atoms with Gasteiger partial charge in [-0.2, -0.15) is 0 Å². The van der Waals surface area contributed by atoms with Crippen molar-refractivity contribution in [1.82, 2.24) is 0 Å². The maximum atomic E-state index is 11.0. The number of carbonyl (C=O) groups excluding carboxylic acids is 1. The molecule has 0 aromatic heterocycles. The molecule has 1 aromatic rings. The van der Waals surface area contributed by atoms with E-state index < -0.39 is 0 Å². The van der Waals surface area contributed by atoms with Gasteiger partial charge in [-0.15, -0.1) is 0 Å². The first-order valence-electron chi connectivity index (χ1n) is 6.23. The quantitative estimate of drug-likeness (QED) is 0.657. The zero-order valence-electron chi connectivity index (χ0n) is 10.8. The van der Waals surface area contributed by atoms with Gasteiger partial charge in [0.25, 0.3) is 0 Å². The van der Waals surface area contributed by atoms with E-state index >= 15 is 0 Å². The molecular weight excluding hydrogens is 230 g/mol. The maximum absolute atomic E-state index is 11.0. The lowest BCUT2D eigenvalue weighted by Crippen LogP contribution is -2.26. The molecule has 98 valence electrons. The van der Waals surface area contributed by atoms with Crippen LogP contribution in [0.2, 0.25) is 0 Å². The summed E-state index contributed by atoms with van der Waals surface area (Å²) in [4.78, 5) is 11.0. The standard InChI is InChI=1S/C14H19NO3/c1-9(16)18-12-7-6-11(8-13(12)17-2)14(15)10-4-3-5-10/h6-8,10,14H,3-5,15H2,1-2H3/t14-/m1/s1. The van der Waals surface area contributed by atoms with Crippen LogP contribution in [0.3, 0.4) is 0 Å². The summed E-state index contributed by atoms with van der Waals surface area (Å²) in [6, 6.07) is 5.55.